The first-order valence-corrected chi connectivity index (χ1v) is 4.71. The Morgan fingerprint density at radius 1 is 1.08 bits per heavy atom. The van der Waals surface area contributed by atoms with Crippen molar-refractivity contribution >= 4 is 0 Å². The van der Waals surface area contributed by atoms with Crippen LogP contribution in [0.4, 0.5) is 0 Å². The smallest absolute Gasteiger partial charge is 0.0279 e. The van der Waals surface area contributed by atoms with E-state index in [4.69, 9.17) is 0 Å². The van der Waals surface area contributed by atoms with E-state index in [1.165, 1.54) is 11.4 Å². The Bertz CT molecular complexity index is 256. The Labute approximate surface area is 75.4 Å². The summed E-state index contributed by atoms with van der Waals surface area (Å²) in [5.74, 6) is 0.626. The van der Waals surface area contributed by atoms with E-state index in [2.05, 4.69) is 51.3 Å². The first-order valence-electron chi connectivity index (χ1n) is 4.71. The number of aryl methyl sites for hydroxylation is 1. The van der Waals surface area contributed by atoms with Crippen LogP contribution in [0, 0.1) is 6.92 Å². The Morgan fingerprint density at radius 2 is 1.67 bits per heavy atom. The summed E-state index contributed by atoms with van der Waals surface area (Å²) >= 11 is 0. The Morgan fingerprint density at radius 3 is 2.00 bits per heavy atom. The standard InChI is InChI=1S/C11H19N/c1-8(2)11-7-6-10(5)12(11)9(3)4/h6-9H,1-5H3. The Balaban J connectivity index is 3.12. The van der Waals surface area contributed by atoms with Crippen molar-refractivity contribution in [3.63, 3.8) is 0 Å². The van der Waals surface area contributed by atoms with Gasteiger partial charge in [0.15, 0.2) is 0 Å². The van der Waals surface area contributed by atoms with Crippen LogP contribution in [0.1, 0.15) is 51.0 Å². The fourth-order valence-electron chi connectivity index (χ4n) is 1.75. The molecular formula is C11H19N. The molecule has 0 aliphatic carbocycles. The van der Waals surface area contributed by atoms with Crippen molar-refractivity contribution in [3.8, 4) is 0 Å². The summed E-state index contributed by atoms with van der Waals surface area (Å²) in [6.07, 6.45) is 0. The molecule has 0 amide bonds. The highest BCUT2D eigenvalue weighted by molar-refractivity contribution is 5.18. The zero-order chi connectivity index (χ0) is 9.30. The molecule has 1 heterocycles. The average Bonchev–Trinajstić information content (AvgIpc) is 2.30. The third-order valence-corrected chi connectivity index (χ3v) is 2.26. The highest BCUT2D eigenvalue weighted by Crippen LogP contribution is 2.22. The first kappa shape index (κ1) is 9.37. The average molecular weight is 165 g/mol. The van der Waals surface area contributed by atoms with Gasteiger partial charge in [-0.2, -0.15) is 0 Å². The first-order chi connectivity index (χ1) is 5.54. The van der Waals surface area contributed by atoms with Crippen molar-refractivity contribution in [2.24, 2.45) is 0 Å². The largest absolute Gasteiger partial charge is 0.346 e. The molecule has 0 spiro atoms. The molecule has 0 fully saturated rings. The maximum absolute atomic E-state index is 2.41. The van der Waals surface area contributed by atoms with Gasteiger partial charge in [0.25, 0.3) is 0 Å². The highest BCUT2D eigenvalue weighted by Gasteiger charge is 2.10. The summed E-state index contributed by atoms with van der Waals surface area (Å²) < 4.78 is 2.41. The second-order valence-corrected chi connectivity index (χ2v) is 4.02. The zero-order valence-corrected chi connectivity index (χ0v) is 8.76. The minimum absolute atomic E-state index is 0.581. The Kier molecular flexibility index (Phi) is 2.61. The molecule has 1 rings (SSSR count). The molecule has 0 saturated heterocycles. The lowest BCUT2D eigenvalue weighted by Crippen LogP contribution is -2.08. The number of hydrogen-bond acceptors (Lipinski definition) is 0. The van der Waals surface area contributed by atoms with Crippen LogP contribution in [0.25, 0.3) is 0 Å². The SMILES string of the molecule is Cc1ccc(C(C)C)n1C(C)C. The van der Waals surface area contributed by atoms with Crippen molar-refractivity contribution in [2.75, 3.05) is 0 Å². The number of hydrogen-bond donors (Lipinski definition) is 0. The monoisotopic (exact) mass is 165 g/mol. The summed E-state index contributed by atoms with van der Waals surface area (Å²) in [4.78, 5) is 0. The van der Waals surface area contributed by atoms with Crippen molar-refractivity contribution in [1.82, 2.24) is 4.57 Å². The molecule has 0 N–H and O–H groups in total. The lowest BCUT2D eigenvalue weighted by atomic mass is 10.1. The summed E-state index contributed by atoms with van der Waals surface area (Å²) in [6, 6.07) is 5.02. The van der Waals surface area contributed by atoms with Crippen LogP contribution in [0.2, 0.25) is 0 Å². The second kappa shape index (κ2) is 3.34. The molecule has 68 valence electrons. The van der Waals surface area contributed by atoms with Crippen molar-refractivity contribution in [3.05, 3.63) is 23.5 Å². The van der Waals surface area contributed by atoms with Gasteiger partial charge in [-0.3, -0.25) is 0 Å². The lowest BCUT2D eigenvalue weighted by molar-refractivity contribution is 0.548. The molecule has 0 saturated carbocycles. The third-order valence-electron chi connectivity index (χ3n) is 2.26. The molecule has 0 bridgehead atoms. The van der Waals surface area contributed by atoms with Gasteiger partial charge in [0.2, 0.25) is 0 Å². The predicted octanol–water partition coefficient (Wildman–Crippen LogP) is 3.50. The molecular weight excluding hydrogens is 146 g/mol. The molecule has 0 aliphatic rings. The highest BCUT2D eigenvalue weighted by atomic mass is 15.0. The molecule has 12 heavy (non-hydrogen) atoms. The van der Waals surface area contributed by atoms with Crippen LogP contribution in [0.3, 0.4) is 0 Å². The van der Waals surface area contributed by atoms with Crippen molar-refractivity contribution < 1.29 is 0 Å². The summed E-state index contributed by atoms with van der Waals surface area (Å²) in [5.41, 5.74) is 2.82. The van der Waals surface area contributed by atoms with Gasteiger partial charge in [-0.25, -0.2) is 0 Å². The maximum Gasteiger partial charge on any atom is 0.0279 e. The van der Waals surface area contributed by atoms with Crippen LogP contribution in [0.5, 0.6) is 0 Å². The van der Waals surface area contributed by atoms with Crippen LogP contribution in [0.15, 0.2) is 12.1 Å². The minimum atomic E-state index is 0.581. The number of nitrogens with zero attached hydrogens (tertiary/aromatic N) is 1. The topological polar surface area (TPSA) is 4.93 Å². The summed E-state index contributed by atoms with van der Waals surface area (Å²) in [5, 5.41) is 0. The van der Waals surface area contributed by atoms with E-state index < -0.39 is 0 Å². The van der Waals surface area contributed by atoms with Gasteiger partial charge in [-0.05, 0) is 38.8 Å². The summed E-state index contributed by atoms with van der Waals surface area (Å²) in [7, 11) is 0. The number of rotatable bonds is 2. The van der Waals surface area contributed by atoms with Gasteiger partial charge in [0.1, 0.15) is 0 Å². The van der Waals surface area contributed by atoms with E-state index in [0.29, 0.717) is 12.0 Å². The molecule has 0 atom stereocenters. The molecule has 1 heteroatoms. The van der Waals surface area contributed by atoms with E-state index in [0.717, 1.165) is 0 Å². The van der Waals surface area contributed by atoms with Gasteiger partial charge >= 0.3 is 0 Å². The fourth-order valence-corrected chi connectivity index (χ4v) is 1.75. The normalized spacial score (nSPS) is 11.6. The van der Waals surface area contributed by atoms with E-state index in [9.17, 15) is 0 Å². The molecule has 0 aliphatic heterocycles. The number of aromatic nitrogens is 1. The zero-order valence-electron chi connectivity index (χ0n) is 8.76. The van der Waals surface area contributed by atoms with Crippen molar-refractivity contribution in [2.45, 2.75) is 46.6 Å². The van der Waals surface area contributed by atoms with E-state index in [-0.39, 0.29) is 0 Å². The maximum atomic E-state index is 2.41. The Hall–Kier alpha value is -0.720. The molecule has 1 aromatic rings. The van der Waals surface area contributed by atoms with Crippen LogP contribution < -0.4 is 0 Å². The van der Waals surface area contributed by atoms with Crippen molar-refractivity contribution in [1.29, 1.82) is 0 Å². The van der Waals surface area contributed by atoms with Crippen LogP contribution in [-0.2, 0) is 0 Å². The second-order valence-electron chi connectivity index (χ2n) is 4.02. The summed E-state index contributed by atoms with van der Waals surface area (Å²) in [6.45, 7) is 11.1. The van der Waals surface area contributed by atoms with Gasteiger partial charge in [0, 0.05) is 17.4 Å². The van der Waals surface area contributed by atoms with Gasteiger partial charge < -0.3 is 4.57 Å². The lowest BCUT2D eigenvalue weighted by Gasteiger charge is -2.17. The van der Waals surface area contributed by atoms with Gasteiger partial charge in [0.05, 0.1) is 0 Å². The molecule has 1 nitrogen and oxygen atoms in total. The van der Waals surface area contributed by atoms with Crippen LogP contribution in [-0.4, -0.2) is 4.57 Å². The molecule has 0 aromatic carbocycles. The van der Waals surface area contributed by atoms with E-state index in [1.807, 2.05) is 0 Å². The third kappa shape index (κ3) is 1.55. The van der Waals surface area contributed by atoms with Gasteiger partial charge in [-0.1, -0.05) is 13.8 Å². The quantitative estimate of drug-likeness (QED) is 0.632. The minimum Gasteiger partial charge on any atom is -0.346 e. The molecule has 1 aromatic heterocycles. The van der Waals surface area contributed by atoms with E-state index >= 15 is 0 Å². The van der Waals surface area contributed by atoms with E-state index in [1.54, 1.807) is 0 Å². The van der Waals surface area contributed by atoms with Crippen LogP contribution >= 0.6 is 0 Å². The molecule has 0 radical (unpaired) electrons. The predicted molar refractivity (Wildman–Crippen MR) is 53.6 cm³/mol. The molecule has 0 unspecified atom stereocenters. The fraction of sp³-hybridized carbons (Fsp3) is 0.636. The van der Waals surface area contributed by atoms with Gasteiger partial charge in [-0.15, -0.1) is 0 Å².